The van der Waals surface area contributed by atoms with E-state index in [9.17, 15) is 9.59 Å². The molecule has 3 N–H and O–H groups in total. The van der Waals surface area contributed by atoms with Gasteiger partial charge in [-0.1, -0.05) is 29.3 Å². The Balaban J connectivity index is 1.43. The van der Waals surface area contributed by atoms with Gasteiger partial charge in [-0.05, 0) is 81.8 Å². The van der Waals surface area contributed by atoms with Gasteiger partial charge in [-0.15, -0.1) is 0 Å². The van der Waals surface area contributed by atoms with Gasteiger partial charge in [-0.25, -0.2) is 0 Å². The van der Waals surface area contributed by atoms with Crippen LogP contribution in [0.4, 0.5) is 11.4 Å². The molecule has 0 fully saturated rings. The van der Waals surface area contributed by atoms with Crippen LogP contribution in [0.2, 0.25) is 0 Å². The number of benzene rings is 2. The minimum atomic E-state index is -0.132. The van der Waals surface area contributed by atoms with Gasteiger partial charge in [0.2, 0.25) is 5.91 Å². The number of hydrogen-bond donors (Lipinski definition) is 3. The summed E-state index contributed by atoms with van der Waals surface area (Å²) < 4.78 is 0. The highest BCUT2D eigenvalue weighted by atomic mass is 16.2. The van der Waals surface area contributed by atoms with Crippen molar-refractivity contribution in [1.82, 2.24) is 5.32 Å². The fraction of sp³-hybridized carbons (Fsp3) is 0.360. The van der Waals surface area contributed by atoms with Gasteiger partial charge in [0.25, 0.3) is 5.91 Å². The van der Waals surface area contributed by atoms with Crippen LogP contribution >= 0.6 is 0 Å². The molecule has 1 aliphatic rings. The van der Waals surface area contributed by atoms with Crippen LogP contribution in [0.5, 0.6) is 0 Å². The summed E-state index contributed by atoms with van der Waals surface area (Å²) in [4.78, 5) is 24.5. The first-order chi connectivity index (χ1) is 14.5. The number of allylic oxidation sites excluding steroid dienone is 1. The van der Waals surface area contributed by atoms with Crippen molar-refractivity contribution in [2.75, 3.05) is 23.7 Å². The summed E-state index contributed by atoms with van der Waals surface area (Å²) >= 11 is 0. The lowest BCUT2D eigenvalue weighted by Crippen LogP contribution is -2.25. The van der Waals surface area contributed by atoms with Crippen molar-refractivity contribution in [2.45, 2.75) is 46.0 Å². The zero-order chi connectivity index (χ0) is 21.3. The zero-order valence-electron chi connectivity index (χ0n) is 17.9. The SMILES string of the molecule is Cc1ccc(NCC(=O)Nc2ccc(C(=O)NCCC3=CCCCC3)cc2)c(C)c1. The lowest BCUT2D eigenvalue weighted by Gasteiger charge is -2.13. The number of hydrogen-bond acceptors (Lipinski definition) is 3. The second kappa shape index (κ2) is 10.6. The van der Waals surface area contributed by atoms with Crippen molar-refractivity contribution < 1.29 is 9.59 Å². The van der Waals surface area contributed by atoms with Gasteiger partial charge in [0.15, 0.2) is 0 Å². The van der Waals surface area contributed by atoms with Gasteiger partial charge in [0.1, 0.15) is 0 Å². The van der Waals surface area contributed by atoms with E-state index < -0.39 is 0 Å². The van der Waals surface area contributed by atoms with Crippen LogP contribution in [0.25, 0.3) is 0 Å². The first-order valence-electron chi connectivity index (χ1n) is 10.7. The molecule has 0 heterocycles. The van der Waals surface area contributed by atoms with Gasteiger partial charge in [0.05, 0.1) is 6.54 Å². The highest BCUT2D eigenvalue weighted by Crippen LogP contribution is 2.19. The van der Waals surface area contributed by atoms with Crippen LogP contribution in [0.15, 0.2) is 54.1 Å². The molecule has 158 valence electrons. The number of carbonyl (C=O) groups excluding carboxylic acids is 2. The largest absolute Gasteiger partial charge is 0.376 e. The van der Waals surface area contributed by atoms with Crippen molar-refractivity contribution in [3.63, 3.8) is 0 Å². The van der Waals surface area contributed by atoms with E-state index in [2.05, 4.69) is 28.1 Å². The molecule has 0 spiro atoms. The van der Waals surface area contributed by atoms with Gasteiger partial charge < -0.3 is 16.0 Å². The Morgan fingerprint density at radius 2 is 1.80 bits per heavy atom. The van der Waals surface area contributed by atoms with Crippen LogP contribution in [-0.4, -0.2) is 24.9 Å². The van der Waals surface area contributed by atoms with Crippen LogP contribution in [-0.2, 0) is 4.79 Å². The van der Waals surface area contributed by atoms with Gasteiger partial charge >= 0.3 is 0 Å². The predicted octanol–water partition coefficient (Wildman–Crippen LogP) is 4.97. The molecule has 30 heavy (non-hydrogen) atoms. The van der Waals surface area contributed by atoms with Gasteiger partial charge in [-0.3, -0.25) is 9.59 Å². The summed E-state index contributed by atoms with van der Waals surface area (Å²) in [6, 6.07) is 13.1. The lowest BCUT2D eigenvalue weighted by atomic mass is 9.97. The Kier molecular flexibility index (Phi) is 7.66. The third kappa shape index (κ3) is 6.48. The van der Waals surface area contributed by atoms with Gasteiger partial charge in [0, 0.05) is 23.5 Å². The second-order valence-electron chi connectivity index (χ2n) is 7.91. The van der Waals surface area contributed by atoms with Crippen molar-refractivity contribution in [1.29, 1.82) is 0 Å². The molecule has 0 saturated heterocycles. The molecule has 1 aliphatic carbocycles. The maximum Gasteiger partial charge on any atom is 0.251 e. The first kappa shape index (κ1) is 21.6. The number of nitrogens with one attached hydrogen (secondary N) is 3. The molecule has 0 aromatic heterocycles. The molecule has 0 bridgehead atoms. The Hall–Kier alpha value is -3.08. The number of amides is 2. The average Bonchev–Trinajstić information content (AvgIpc) is 2.74. The summed E-state index contributed by atoms with van der Waals surface area (Å²) in [5.41, 5.74) is 5.97. The predicted molar refractivity (Wildman–Crippen MR) is 123 cm³/mol. The van der Waals surface area contributed by atoms with E-state index in [1.807, 2.05) is 26.0 Å². The smallest absolute Gasteiger partial charge is 0.251 e. The molecule has 2 aromatic rings. The van der Waals surface area contributed by atoms with E-state index in [1.165, 1.54) is 24.0 Å². The van der Waals surface area contributed by atoms with E-state index in [0.717, 1.165) is 30.5 Å². The molecule has 0 atom stereocenters. The van der Waals surface area contributed by atoms with Crippen molar-refractivity contribution in [3.05, 3.63) is 70.8 Å². The molecule has 5 heteroatoms. The minimum absolute atomic E-state index is 0.0826. The molecule has 0 aliphatic heterocycles. The molecule has 2 aromatic carbocycles. The maximum atomic E-state index is 12.3. The first-order valence-corrected chi connectivity index (χ1v) is 10.7. The average molecular weight is 406 g/mol. The van der Waals surface area contributed by atoms with Crippen LogP contribution in [0, 0.1) is 13.8 Å². The lowest BCUT2D eigenvalue weighted by molar-refractivity contribution is -0.114. The second-order valence-corrected chi connectivity index (χ2v) is 7.91. The van der Waals surface area contributed by atoms with Crippen molar-refractivity contribution >= 4 is 23.2 Å². The number of aryl methyl sites for hydroxylation is 2. The molecule has 3 rings (SSSR count). The monoisotopic (exact) mass is 405 g/mol. The van der Waals surface area contributed by atoms with Crippen LogP contribution < -0.4 is 16.0 Å². The normalized spacial score (nSPS) is 13.3. The van der Waals surface area contributed by atoms with E-state index >= 15 is 0 Å². The third-order valence-corrected chi connectivity index (χ3v) is 5.37. The van der Waals surface area contributed by atoms with Crippen molar-refractivity contribution in [2.24, 2.45) is 0 Å². The molecule has 0 unspecified atom stereocenters. The maximum absolute atomic E-state index is 12.3. The fourth-order valence-electron chi connectivity index (χ4n) is 3.67. The highest BCUT2D eigenvalue weighted by molar-refractivity contribution is 5.96. The summed E-state index contributed by atoms with van der Waals surface area (Å²) in [5, 5.41) is 8.99. The molecule has 2 amide bonds. The van der Waals surface area contributed by atoms with Crippen LogP contribution in [0.3, 0.4) is 0 Å². The van der Waals surface area contributed by atoms with Crippen LogP contribution in [0.1, 0.15) is 53.6 Å². The molecule has 0 radical (unpaired) electrons. The summed E-state index contributed by atoms with van der Waals surface area (Å²) in [6.45, 7) is 4.90. The minimum Gasteiger partial charge on any atom is -0.376 e. The standard InChI is InChI=1S/C25H31N3O2/c1-18-8-13-23(19(2)16-18)27-17-24(29)28-22-11-9-21(10-12-22)25(30)26-15-14-20-6-4-3-5-7-20/h6,8-13,16,27H,3-5,7,14-15,17H2,1-2H3,(H,26,30)(H,28,29). The summed E-state index contributed by atoms with van der Waals surface area (Å²) in [7, 11) is 0. The Morgan fingerprint density at radius 3 is 2.50 bits per heavy atom. The van der Waals surface area contributed by atoms with Crippen molar-refractivity contribution in [3.8, 4) is 0 Å². The summed E-state index contributed by atoms with van der Waals surface area (Å²) in [5.74, 6) is -0.214. The molecular formula is C25H31N3O2. The quantitative estimate of drug-likeness (QED) is 0.543. The summed E-state index contributed by atoms with van der Waals surface area (Å²) in [6.07, 6.45) is 8.09. The molecular weight excluding hydrogens is 374 g/mol. The van der Waals surface area contributed by atoms with Gasteiger partial charge in [-0.2, -0.15) is 0 Å². The van der Waals surface area contributed by atoms with E-state index in [1.54, 1.807) is 24.3 Å². The third-order valence-electron chi connectivity index (χ3n) is 5.37. The highest BCUT2D eigenvalue weighted by Gasteiger charge is 2.08. The number of rotatable bonds is 8. The number of anilines is 2. The number of carbonyl (C=O) groups is 2. The Labute approximate surface area is 179 Å². The topological polar surface area (TPSA) is 70.2 Å². The molecule has 0 saturated carbocycles. The Morgan fingerprint density at radius 1 is 1.00 bits per heavy atom. The zero-order valence-corrected chi connectivity index (χ0v) is 17.9. The fourth-order valence-corrected chi connectivity index (χ4v) is 3.67. The Bertz CT molecular complexity index is 916. The van der Waals surface area contributed by atoms with E-state index in [4.69, 9.17) is 0 Å². The van der Waals surface area contributed by atoms with E-state index in [-0.39, 0.29) is 18.4 Å². The molecule has 5 nitrogen and oxygen atoms in total. The van der Waals surface area contributed by atoms with E-state index in [0.29, 0.717) is 17.8 Å².